The van der Waals surface area contributed by atoms with Gasteiger partial charge in [0.15, 0.2) is 0 Å². The Bertz CT molecular complexity index is 447. The van der Waals surface area contributed by atoms with E-state index in [-0.39, 0.29) is 18.0 Å². The monoisotopic (exact) mass is 370 g/mol. The van der Waals surface area contributed by atoms with Crippen molar-refractivity contribution in [3.05, 3.63) is 22.7 Å². The van der Waals surface area contributed by atoms with Gasteiger partial charge in [-0.15, -0.1) is 0 Å². The summed E-state index contributed by atoms with van der Waals surface area (Å²) in [7, 11) is 1.95. The summed E-state index contributed by atoms with van der Waals surface area (Å²) in [6.07, 6.45) is 9.49. The van der Waals surface area contributed by atoms with Crippen LogP contribution in [0.2, 0.25) is 0 Å². The summed E-state index contributed by atoms with van der Waals surface area (Å²) in [6.45, 7) is 5.85. The minimum atomic E-state index is 0.0185. The van der Waals surface area contributed by atoms with Crippen molar-refractivity contribution in [2.24, 2.45) is 10.3 Å². The lowest BCUT2D eigenvalue weighted by Gasteiger charge is -2.20. The van der Waals surface area contributed by atoms with Gasteiger partial charge in [0.25, 0.3) is 0 Å². The van der Waals surface area contributed by atoms with Gasteiger partial charge in [0.1, 0.15) is 0 Å². The quantitative estimate of drug-likeness (QED) is 0.418. The van der Waals surface area contributed by atoms with Crippen molar-refractivity contribution < 1.29 is 4.79 Å². The van der Waals surface area contributed by atoms with Gasteiger partial charge in [-0.2, -0.15) is 5.11 Å². The van der Waals surface area contributed by atoms with Crippen LogP contribution in [-0.4, -0.2) is 36.1 Å². The van der Waals surface area contributed by atoms with Crippen molar-refractivity contribution in [1.29, 1.82) is 0 Å². The van der Waals surface area contributed by atoms with E-state index >= 15 is 0 Å². The van der Waals surface area contributed by atoms with Crippen LogP contribution in [0.15, 0.2) is 33.0 Å². The topological polar surface area (TPSA) is 57.1 Å². The van der Waals surface area contributed by atoms with E-state index < -0.39 is 0 Å². The van der Waals surface area contributed by atoms with Gasteiger partial charge in [0.2, 0.25) is 5.91 Å². The molecule has 1 N–H and O–H groups in total. The molecule has 0 aliphatic heterocycles. The Hall–Kier alpha value is -1.17. The van der Waals surface area contributed by atoms with Crippen molar-refractivity contribution in [1.82, 2.24) is 10.3 Å². The number of halogens is 1. The summed E-state index contributed by atoms with van der Waals surface area (Å²) in [6, 6.07) is 0.641. The second kappa shape index (κ2) is 9.77. The van der Waals surface area contributed by atoms with Gasteiger partial charge in [-0.1, -0.05) is 40.2 Å². The lowest BCUT2D eigenvalue weighted by atomic mass is 10.2. The lowest BCUT2D eigenvalue weighted by Crippen LogP contribution is -2.34. The third-order valence-corrected chi connectivity index (χ3v) is 4.25. The van der Waals surface area contributed by atoms with Crippen molar-refractivity contribution in [3.8, 4) is 0 Å². The van der Waals surface area contributed by atoms with E-state index in [0.29, 0.717) is 12.5 Å². The molecule has 1 fully saturated rings. The summed E-state index contributed by atoms with van der Waals surface area (Å²) in [5.41, 5.74) is 0. The van der Waals surface area contributed by atoms with Crippen LogP contribution >= 0.6 is 15.9 Å². The van der Waals surface area contributed by atoms with Crippen molar-refractivity contribution in [3.63, 3.8) is 0 Å². The van der Waals surface area contributed by atoms with Gasteiger partial charge in [0.05, 0.1) is 12.1 Å². The number of hydrogen-bond acceptors (Lipinski definition) is 3. The average molecular weight is 371 g/mol. The van der Waals surface area contributed by atoms with Gasteiger partial charge in [-0.3, -0.25) is 9.80 Å². The molecule has 5 nitrogen and oxygen atoms in total. The summed E-state index contributed by atoms with van der Waals surface area (Å²) in [5, 5.41) is 13.6. The molecular weight excluding hydrogens is 344 g/mol. The second-order valence-electron chi connectivity index (χ2n) is 5.66. The molecule has 22 heavy (non-hydrogen) atoms. The molecule has 124 valence electrons. The first-order chi connectivity index (χ1) is 10.5. The molecule has 1 aliphatic carbocycles. The maximum absolute atomic E-state index is 11.4. The number of allylic oxidation sites excluding steroid dienone is 3. The first kappa shape index (κ1) is 18.9. The Labute approximate surface area is 142 Å². The molecule has 0 aromatic carbocycles. The fourth-order valence-electron chi connectivity index (χ4n) is 2.47. The first-order valence-electron chi connectivity index (χ1n) is 7.89. The van der Waals surface area contributed by atoms with E-state index in [4.69, 9.17) is 0 Å². The molecule has 0 heterocycles. The number of hydrogen-bond donors (Lipinski definition) is 1. The van der Waals surface area contributed by atoms with E-state index in [1.165, 1.54) is 0 Å². The van der Waals surface area contributed by atoms with Crippen LogP contribution in [0.5, 0.6) is 0 Å². The molecule has 1 saturated carbocycles. The second-order valence-corrected chi connectivity index (χ2v) is 6.57. The van der Waals surface area contributed by atoms with Crippen molar-refractivity contribution in [2.75, 3.05) is 7.05 Å². The highest BCUT2D eigenvalue weighted by Gasteiger charge is 2.28. The van der Waals surface area contributed by atoms with Crippen LogP contribution in [0.1, 0.15) is 46.5 Å². The molecule has 0 aromatic rings. The Morgan fingerprint density at radius 3 is 2.86 bits per heavy atom. The third kappa shape index (κ3) is 6.73. The highest BCUT2D eigenvalue weighted by Crippen LogP contribution is 2.24. The Morgan fingerprint density at radius 2 is 2.23 bits per heavy atom. The molecule has 0 radical (unpaired) electrons. The molecule has 3 atom stereocenters. The minimum Gasteiger partial charge on any atom is -0.353 e. The summed E-state index contributed by atoms with van der Waals surface area (Å²) < 4.78 is 1.01. The predicted octanol–water partition coefficient (Wildman–Crippen LogP) is 3.98. The number of nitrogens with one attached hydrogen (secondary N) is 1. The maximum Gasteiger partial charge on any atom is 0.219 e. The van der Waals surface area contributed by atoms with Gasteiger partial charge in [-0.05, 0) is 39.2 Å². The normalized spacial score (nSPS) is 24.1. The number of nitrogens with zero attached hydrogens (tertiary/aromatic N) is 3. The Kier molecular flexibility index (Phi) is 8.38. The zero-order chi connectivity index (χ0) is 16.5. The van der Waals surface area contributed by atoms with Crippen molar-refractivity contribution >= 4 is 21.8 Å². The fourth-order valence-corrected chi connectivity index (χ4v) is 3.12. The van der Waals surface area contributed by atoms with E-state index in [9.17, 15) is 4.79 Å². The van der Waals surface area contributed by atoms with Gasteiger partial charge >= 0.3 is 0 Å². The standard InChI is InChI=1S/C16H27BrN4O/c1-5-7-13(17)10-12(3)19-20-21(4)15-9-8-14(11-15)18-16(22)6-2/h5,7,10,12,14-15H,6,8-9,11H2,1-4H3,(H,18,22)/b7-5-,13-10+,20-19?/t12?,14-,15+/m0/s1. The molecule has 1 aliphatic rings. The molecule has 6 heteroatoms. The number of amides is 1. The Morgan fingerprint density at radius 1 is 1.50 bits per heavy atom. The minimum absolute atomic E-state index is 0.0185. The van der Waals surface area contributed by atoms with Crippen LogP contribution in [0.3, 0.4) is 0 Å². The van der Waals surface area contributed by atoms with Gasteiger partial charge in [-0.25, -0.2) is 0 Å². The first-order valence-corrected chi connectivity index (χ1v) is 8.68. The van der Waals surface area contributed by atoms with Gasteiger partial charge < -0.3 is 5.32 Å². The van der Waals surface area contributed by atoms with Crippen LogP contribution in [0.4, 0.5) is 0 Å². The van der Waals surface area contributed by atoms with E-state index in [2.05, 4.69) is 31.6 Å². The van der Waals surface area contributed by atoms with Crippen LogP contribution in [-0.2, 0) is 4.79 Å². The zero-order valence-corrected chi connectivity index (χ0v) is 15.5. The molecule has 0 bridgehead atoms. The van der Waals surface area contributed by atoms with Gasteiger partial charge in [0, 0.05) is 24.0 Å². The SMILES string of the molecule is C/C=C\C(Br)=C/C(C)N=NN(C)[C@@H]1CC[C@H](NC(=O)CC)C1. The highest BCUT2D eigenvalue weighted by molar-refractivity contribution is 9.11. The summed E-state index contributed by atoms with van der Waals surface area (Å²) >= 11 is 3.47. The predicted molar refractivity (Wildman–Crippen MR) is 93.8 cm³/mol. The molecular formula is C16H27BrN4O. The summed E-state index contributed by atoms with van der Waals surface area (Å²) in [5.74, 6) is 0.127. The summed E-state index contributed by atoms with van der Waals surface area (Å²) in [4.78, 5) is 11.4. The van der Waals surface area contributed by atoms with Crippen LogP contribution in [0, 0.1) is 0 Å². The Balaban J connectivity index is 2.45. The molecule has 0 spiro atoms. The molecule has 0 aromatic heterocycles. The number of rotatable bonds is 7. The van der Waals surface area contributed by atoms with Crippen LogP contribution in [0.25, 0.3) is 0 Å². The van der Waals surface area contributed by atoms with E-state index in [0.717, 1.165) is 23.7 Å². The zero-order valence-electron chi connectivity index (χ0n) is 13.9. The number of carbonyl (C=O) groups is 1. The average Bonchev–Trinajstić information content (AvgIpc) is 2.93. The molecule has 0 saturated heterocycles. The highest BCUT2D eigenvalue weighted by atomic mass is 79.9. The van der Waals surface area contributed by atoms with E-state index in [1.807, 2.05) is 51.1 Å². The molecule has 1 rings (SSSR count). The van der Waals surface area contributed by atoms with Crippen LogP contribution < -0.4 is 5.32 Å². The molecule has 1 unspecified atom stereocenters. The van der Waals surface area contributed by atoms with Crippen molar-refractivity contribution in [2.45, 2.75) is 64.6 Å². The lowest BCUT2D eigenvalue weighted by molar-refractivity contribution is -0.121. The smallest absolute Gasteiger partial charge is 0.219 e. The van der Waals surface area contributed by atoms with E-state index in [1.54, 1.807) is 0 Å². The third-order valence-electron chi connectivity index (χ3n) is 3.72. The number of carbonyl (C=O) groups excluding carboxylic acids is 1. The maximum atomic E-state index is 11.4. The fraction of sp³-hybridized carbons (Fsp3) is 0.688. The molecule has 1 amide bonds. The largest absolute Gasteiger partial charge is 0.353 e.